The molecule has 0 aliphatic carbocycles. The van der Waals surface area contributed by atoms with Crippen LogP contribution in [0.15, 0.2) is 18.5 Å². The molecule has 1 aliphatic rings. The van der Waals surface area contributed by atoms with Crippen molar-refractivity contribution >= 4 is 0 Å². The molecule has 22 heavy (non-hydrogen) atoms. The Kier molecular flexibility index (Phi) is 4.49. The Morgan fingerprint density at radius 2 is 2.05 bits per heavy atom. The van der Waals surface area contributed by atoms with E-state index in [1.54, 1.807) is 0 Å². The quantitative estimate of drug-likeness (QED) is 0.856. The summed E-state index contributed by atoms with van der Waals surface area (Å²) in [5.41, 5.74) is 4.20. The van der Waals surface area contributed by atoms with Crippen molar-refractivity contribution in [3.8, 4) is 0 Å². The van der Waals surface area contributed by atoms with Gasteiger partial charge in [0.05, 0.1) is 36.3 Å². The number of hydrogen-bond acceptors (Lipinski definition) is 5. The first kappa shape index (κ1) is 15.1. The van der Waals surface area contributed by atoms with Gasteiger partial charge in [0.15, 0.2) is 0 Å². The van der Waals surface area contributed by atoms with Gasteiger partial charge in [-0.05, 0) is 26.8 Å². The van der Waals surface area contributed by atoms with E-state index in [1.807, 2.05) is 30.9 Å². The Morgan fingerprint density at radius 3 is 2.73 bits per heavy atom. The van der Waals surface area contributed by atoms with Crippen LogP contribution in [-0.2, 0) is 17.8 Å². The highest BCUT2D eigenvalue weighted by atomic mass is 16.5. The van der Waals surface area contributed by atoms with E-state index in [4.69, 9.17) is 4.74 Å². The Labute approximate surface area is 131 Å². The second-order valence-corrected chi connectivity index (χ2v) is 5.99. The molecule has 1 aliphatic heterocycles. The first-order valence-electron chi connectivity index (χ1n) is 7.72. The van der Waals surface area contributed by atoms with Gasteiger partial charge in [-0.25, -0.2) is 0 Å². The van der Waals surface area contributed by atoms with Crippen molar-refractivity contribution in [2.24, 2.45) is 0 Å². The Hall–Kier alpha value is -1.79. The average Bonchev–Trinajstić information content (AvgIpc) is 2.80. The van der Waals surface area contributed by atoms with Crippen LogP contribution in [-0.4, -0.2) is 50.4 Å². The zero-order chi connectivity index (χ0) is 15.5. The van der Waals surface area contributed by atoms with Crippen molar-refractivity contribution in [1.29, 1.82) is 0 Å². The number of morpholine rings is 1. The van der Waals surface area contributed by atoms with E-state index in [1.165, 1.54) is 5.69 Å². The van der Waals surface area contributed by atoms with Gasteiger partial charge in [-0.3, -0.25) is 19.5 Å². The first-order valence-corrected chi connectivity index (χ1v) is 7.72. The summed E-state index contributed by atoms with van der Waals surface area (Å²) in [7, 11) is 0. The molecule has 2 aromatic rings. The molecule has 0 bridgehead atoms. The lowest BCUT2D eigenvalue weighted by Crippen LogP contribution is -2.44. The van der Waals surface area contributed by atoms with Crippen molar-refractivity contribution in [2.75, 3.05) is 19.7 Å². The van der Waals surface area contributed by atoms with E-state index in [0.717, 1.165) is 49.9 Å². The molecule has 0 N–H and O–H groups in total. The zero-order valence-electron chi connectivity index (χ0n) is 13.5. The molecule has 118 valence electrons. The molecule has 6 heteroatoms. The monoisotopic (exact) mass is 301 g/mol. The lowest BCUT2D eigenvalue weighted by Gasteiger charge is -2.32. The number of aromatic nitrogens is 4. The lowest BCUT2D eigenvalue weighted by molar-refractivity contribution is -0.0408. The lowest BCUT2D eigenvalue weighted by atomic mass is 10.2. The molecule has 1 fully saturated rings. The maximum absolute atomic E-state index is 5.89. The van der Waals surface area contributed by atoms with Gasteiger partial charge in [0.25, 0.3) is 0 Å². The fraction of sp³-hybridized carbons (Fsp3) is 0.562. The molecule has 0 unspecified atom stereocenters. The minimum absolute atomic E-state index is 0.171. The number of nitrogens with zero attached hydrogens (tertiary/aromatic N) is 5. The SMILES string of the molecule is Cc1cnc(CN2CCO[C@@H](Cn3nc(C)cc3C)C2)cn1. The maximum Gasteiger partial charge on any atom is 0.0898 e. The van der Waals surface area contributed by atoms with Crippen molar-refractivity contribution in [1.82, 2.24) is 24.6 Å². The average molecular weight is 301 g/mol. The molecule has 0 spiro atoms. The van der Waals surface area contributed by atoms with Gasteiger partial charge in [-0.15, -0.1) is 0 Å². The summed E-state index contributed by atoms with van der Waals surface area (Å²) in [6.45, 7) is 10.3. The third-order valence-corrected chi connectivity index (χ3v) is 3.92. The number of hydrogen-bond donors (Lipinski definition) is 0. The van der Waals surface area contributed by atoms with Gasteiger partial charge in [0.2, 0.25) is 0 Å². The maximum atomic E-state index is 5.89. The van der Waals surface area contributed by atoms with Gasteiger partial charge in [-0.2, -0.15) is 5.10 Å². The van der Waals surface area contributed by atoms with E-state index < -0.39 is 0 Å². The van der Waals surface area contributed by atoms with Crippen LogP contribution in [0.4, 0.5) is 0 Å². The molecule has 0 aromatic carbocycles. The normalized spacial score (nSPS) is 19.5. The van der Waals surface area contributed by atoms with Crippen LogP contribution in [0.5, 0.6) is 0 Å². The molecule has 0 amide bonds. The summed E-state index contributed by atoms with van der Waals surface area (Å²) in [6, 6.07) is 2.10. The predicted molar refractivity (Wildman–Crippen MR) is 83.5 cm³/mol. The zero-order valence-corrected chi connectivity index (χ0v) is 13.5. The highest BCUT2D eigenvalue weighted by Crippen LogP contribution is 2.12. The van der Waals surface area contributed by atoms with Crippen LogP contribution in [0.25, 0.3) is 0 Å². The molecule has 1 atom stereocenters. The van der Waals surface area contributed by atoms with E-state index in [0.29, 0.717) is 0 Å². The molecule has 0 saturated carbocycles. The summed E-state index contributed by atoms with van der Waals surface area (Å²) < 4.78 is 7.93. The second-order valence-electron chi connectivity index (χ2n) is 5.99. The van der Waals surface area contributed by atoms with Crippen molar-refractivity contribution < 1.29 is 4.74 Å². The molecular formula is C16H23N5O. The molecule has 3 rings (SSSR count). The van der Waals surface area contributed by atoms with E-state index >= 15 is 0 Å². The standard InChI is InChI=1S/C16H23N5O/c1-12-6-14(3)21(19-12)11-16-10-20(4-5-22-16)9-15-8-17-13(2)7-18-15/h6-8,16H,4-5,9-11H2,1-3H3/t16-/m1/s1. The van der Waals surface area contributed by atoms with E-state index in [-0.39, 0.29) is 6.10 Å². The van der Waals surface area contributed by atoms with Crippen molar-refractivity contribution in [3.05, 3.63) is 41.2 Å². The van der Waals surface area contributed by atoms with Gasteiger partial charge in [0, 0.05) is 37.7 Å². The van der Waals surface area contributed by atoms with Gasteiger partial charge < -0.3 is 4.74 Å². The summed E-state index contributed by atoms with van der Waals surface area (Å²) in [6.07, 6.45) is 3.86. The topological polar surface area (TPSA) is 56.1 Å². The smallest absolute Gasteiger partial charge is 0.0898 e. The Bertz CT molecular complexity index is 622. The highest BCUT2D eigenvalue weighted by Gasteiger charge is 2.22. The predicted octanol–water partition coefficient (Wildman–Crippen LogP) is 1.50. The minimum atomic E-state index is 0.171. The molecule has 3 heterocycles. The Balaban J connectivity index is 1.59. The van der Waals surface area contributed by atoms with Crippen LogP contribution >= 0.6 is 0 Å². The summed E-state index contributed by atoms with van der Waals surface area (Å²) in [5.74, 6) is 0. The molecular weight excluding hydrogens is 278 g/mol. The van der Waals surface area contributed by atoms with E-state index in [2.05, 4.69) is 33.0 Å². The highest BCUT2D eigenvalue weighted by molar-refractivity contribution is 5.06. The van der Waals surface area contributed by atoms with Crippen LogP contribution in [0.1, 0.15) is 22.8 Å². The van der Waals surface area contributed by atoms with Crippen molar-refractivity contribution in [2.45, 2.75) is 40.0 Å². The Morgan fingerprint density at radius 1 is 1.18 bits per heavy atom. The fourth-order valence-corrected chi connectivity index (χ4v) is 2.82. The van der Waals surface area contributed by atoms with Crippen LogP contribution in [0.3, 0.4) is 0 Å². The summed E-state index contributed by atoms with van der Waals surface area (Å²) in [4.78, 5) is 11.1. The molecule has 1 saturated heterocycles. The van der Waals surface area contributed by atoms with Crippen LogP contribution in [0.2, 0.25) is 0 Å². The fourth-order valence-electron chi connectivity index (χ4n) is 2.82. The molecule has 6 nitrogen and oxygen atoms in total. The van der Waals surface area contributed by atoms with Crippen molar-refractivity contribution in [3.63, 3.8) is 0 Å². The van der Waals surface area contributed by atoms with E-state index in [9.17, 15) is 0 Å². The first-order chi connectivity index (χ1) is 10.6. The van der Waals surface area contributed by atoms with Gasteiger partial charge in [0.1, 0.15) is 0 Å². The summed E-state index contributed by atoms with van der Waals surface area (Å²) in [5, 5.41) is 4.52. The summed E-state index contributed by atoms with van der Waals surface area (Å²) >= 11 is 0. The minimum Gasteiger partial charge on any atom is -0.374 e. The molecule has 2 aromatic heterocycles. The number of ether oxygens (including phenoxy) is 1. The second kappa shape index (κ2) is 6.54. The largest absolute Gasteiger partial charge is 0.374 e. The third kappa shape index (κ3) is 3.69. The number of aryl methyl sites for hydroxylation is 3. The molecule has 0 radical (unpaired) electrons. The van der Waals surface area contributed by atoms with Gasteiger partial charge in [-0.1, -0.05) is 0 Å². The van der Waals surface area contributed by atoms with Crippen LogP contribution < -0.4 is 0 Å². The van der Waals surface area contributed by atoms with Gasteiger partial charge >= 0.3 is 0 Å². The van der Waals surface area contributed by atoms with Crippen LogP contribution in [0, 0.1) is 20.8 Å². The number of rotatable bonds is 4. The third-order valence-electron chi connectivity index (χ3n) is 3.92.